The highest BCUT2D eigenvalue weighted by Crippen LogP contribution is 2.31. The third kappa shape index (κ3) is 6.39. The Balaban J connectivity index is 1.39. The van der Waals surface area contributed by atoms with Crippen molar-refractivity contribution in [2.45, 2.75) is 43.7 Å². The van der Waals surface area contributed by atoms with Crippen molar-refractivity contribution in [3.63, 3.8) is 0 Å². The van der Waals surface area contributed by atoms with Crippen molar-refractivity contribution in [2.24, 2.45) is 0 Å². The quantitative estimate of drug-likeness (QED) is 0.400. The Morgan fingerprint density at radius 2 is 1.06 bits per heavy atom. The van der Waals surface area contributed by atoms with Crippen molar-refractivity contribution in [1.29, 1.82) is 0 Å². The lowest BCUT2D eigenvalue weighted by atomic mass is 10.1. The fraction of sp³-hybridized carbons (Fsp3) is 0.308. The van der Waals surface area contributed by atoms with Gasteiger partial charge >= 0.3 is 0 Å². The van der Waals surface area contributed by atoms with Crippen molar-refractivity contribution >= 4 is 11.6 Å². The zero-order chi connectivity index (χ0) is 21.3. The molecule has 0 aromatic heterocycles. The topological polar surface area (TPSA) is 36.9 Å². The van der Waals surface area contributed by atoms with Crippen molar-refractivity contribution in [3.05, 3.63) is 108 Å². The average Bonchev–Trinajstić information content (AvgIpc) is 3.12. The molecule has 3 aromatic carbocycles. The summed E-state index contributed by atoms with van der Waals surface area (Å²) < 4.78 is 24.3. The molecule has 162 valence electrons. The summed E-state index contributed by atoms with van der Waals surface area (Å²) in [5, 5.41) is 0. The number of rotatable bonds is 10. The van der Waals surface area contributed by atoms with Crippen LogP contribution in [0.15, 0.2) is 91.0 Å². The van der Waals surface area contributed by atoms with Crippen molar-refractivity contribution in [2.75, 3.05) is 6.61 Å². The predicted octanol–water partition coefficient (Wildman–Crippen LogP) is 5.34. The second-order valence-electron chi connectivity index (χ2n) is 7.55. The minimum absolute atomic E-state index is 0.310. The van der Waals surface area contributed by atoms with Gasteiger partial charge in [-0.2, -0.15) is 0 Å². The van der Waals surface area contributed by atoms with Crippen LogP contribution in [0.1, 0.15) is 16.7 Å². The summed E-state index contributed by atoms with van der Waals surface area (Å²) >= 11 is 6.53. The van der Waals surface area contributed by atoms with E-state index < -0.39 is 11.7 Å². The molecule has 0 radical (unpaired) electrons. The smallest absolute Gasteiger partial charge is 0.160 e. The van der Waals surface area contributed by atoms with Crippen molar-refractivity contribution in [3.8, 4) is 0 Å². The van der Waals surface area contributed by atoms with Crippen LogP contribution in [0.2, 0.25) is 0 Å². The maximum Gasteiger partial charge on any atom is 0.160 e. The molecule has 0 amide bonds. The Labute approximate surface area is 188 Å². The molecule has 31 heavy (non-hydrogen) atoms. The Hall–Kier alpha value is -2.21. The minimum atomic E-state index is -0.602. The van der Waals surface area contributed by atoms with E-state index in [1.165, 1.54) is 0 Å². The molecule has 4 rings (SSSR count). The van der Waals surface area contributed by atoms with E-state index in [0.717, 1.165) is 16.7 Å². The van der Waals surface area contributed by atoms with E-state index >= 15 is 0 Å². The van der Waals surface area contributed by atoms with Crippen LogP contribution in [0.5, 0.6) is 0 Å². The fourth-order valence-electron chi connectivity index (χ4n) is 3.59. The molecular formula is C26H27ClO4. The van der Waals surface area contributed by atoms with Crippen LogP contribution < -0.4 is 0 Å². The van der Waals surface area contributed by atoms with Gasteiger partial charge in [0.05, 0.1) is 26.4 Å². The lowest BCUT2D eigenvalue weighted by Gasteiger charge is -2.24. The number of hydrogen-bond acceptors (Lipinski definition) is 4. The Bertz CT molecular complexity index is 891. The second kappa shape index (κ2) is 11.4. The van der Waals surface area contributed by atoms with Gasteiger partial charge in [0.25, 0.3) is 0 Å². The van der Waals surface area contributed by atoms with E-state index in [4.69, 9.17) is 30.5 Å². The number of hydrogen-bond donors (Lipinski definition) is 0. The van der Waals surface area contributed by atoms with Gasteiger partial charge in [-0.05, 0) is 16.7 Å². The molecule has 0 bridgehead atoms. The summed E-state index contributed by atoms with van der Waals surface area (Å²) in [6, 6.07) is 30.1. The van der Waals surface area contributed by atoms with Gasteiger partial charge < -0.3 is 18.9 Å². The summed E-state index contributed by atoms with van der Waals surface area (Å²) in [5.74, 6) is 0. The molecule has 1 heterocycles. The monoisotopic (exact) mass is 438 g/mol. The molecule has 0 spiro atoms. The standard InChI is InChI=1S/C26H27ClO4/c27-26-25(30-18-22-14-8-3-9-15-22)24(29-17-21-12-6-2-7-13-21)23(31-26)19-28-16-20-10-4-1-5-11-20/h1-15,23-26H,16-19H2/t23-,24-,25+,26?/m1/s1. The summed E-state index contributed by atoms with van der Waals surface area (Å²) in [6.45, 7) is 1.79. The molecule has 3 aromatic rings. The molecule has 1 unspecified atom stereocenters. The summed E-state index contributed by atoms with van der Waals surface area (Å²) in [7, 11) is 0. The zero-order valence-corrected chi connectivity index (χ0v) is 18.1. The zero-order valence-electron chi connectivity index (χ0n) is 17.3. The summed E-state index contributed by atoms with van der Waals surface area (Å²) in [5.41, 5.74) is 2.68. The molecule has 0 aliphatic carbocycles. The van der Waals surface area contributed by atoms with Crippen LogP contribution in [-0.2, 0) is 38.8 Å². The van der Waals surface area contributed by atoms with Crippen LogP contribution in [0.3, 0.4) is 0 Å². The maximum absolute atomic E-state index is 6.53. The summed E-state index contributed by atoms with van der Waals surface area (Å²) in [4.78, 5) is 0. The summed E-state index contributed by atoms with van der Waals surface area (Å²) in [6.07, 6.45) is -1.03. The molecule has 1 fully saturated rings. The highest BCUT2D eigenvalue weighted by atomic mass is 35.5. The third-order valence-corrected chi connectivity index (χ3v) is 5.57. The Kier molecular flexibility index (Phi) is 8.11. The molecule has 5 heteroatoms. The largest absolute Gasteiger partial charge is 0.374 e. The van der Waals surface area contributed by atoms with E-state index in [1.807, 2.05) is 91.0 Å². The van der Waals surface area contributed by atoms with Gasteiger partial charge in [0.15, 0.2) is 5.56 Å². The number of ether oxygens (including phenoxy) is 4. The average molecular weight is 439 g/mol. The van der Waals surface area contributed by atoms with Crippen LogP contribution in [0.4, 0.5) is 0 Å². The van der Waals surface area contributed by atoms with Crippen molar-refractivity contribution < 1.29 is 18.9 Å². The minimum Gasteiger partial charge on any atom is -0.374 e. The molecule has 0 saturated carbocycles. The highest BCUT2D eigenvalue weighted by Gasteiger charge is 2.45. The number of benzene rings is 3. The highest BCUT2D eigenvalue weighted by molar-refractivity contribution is 6.20. The number of alkyl halides is 1. The molecule has 1 aliphatic heterocycles. The van der Waals surface area contributed by atoms with Gasteiger partial charge in [-0.3, -0.25) is 0 Å². The van der Waals surface area contributed by atoms with Gasteiger partial charge in [0.2, 0.25) is 0 Å². The van der Waals surface area contributed by atoms with E-state index in [-0.39, 0.29) is 12.2 Å². The lowest BCUT2D eigenvalue weighted by Crippen LogP contribution is -2.38. The first-order valence-electron chi connectivity index (χ1n) is 10.5. The van der Waals surface area contributed by atoms with Gasteiger partial charge in [-0.1, -0.05) is 103 Å². The normalized spacial score (nSPS) is 23.1. The Morgan fingerprint density at radius 3 is 1.58 bits per heavy atom. The van der Waals surface area contributed by atoms with Gasteiger partial charge in [-0.25, -0.2) is 0 Å². The van der Waals surface area contributed by atoms with Crippen molar-refractivity contribution in [1.82, 2.24) is 0 Å². The first kappa shape index (κ1) is 22.0. The first-order valence-corrected chi connectivity index (χ1v) is 11.0. The fourth-order valence-corrected chi connectivity index (χ4v) is 3.94. The van der Waals surface area contributed by atoms with Crippen LogP contribution in [-0.4, -0.2) is 30.5 Å². The van der Waals surface area contributed by atoms with E-state index in [9.17, 15) is 0 Å². The van der Waals surface area contributed by atoms with E-state index in [1.54, 1.807) is 0 Å². The van der Waals surface area contributed by atoms with E-state index in [0.29, 0.717) is 26.4 Å². The molecule has 0 N–H and O–H groups in total. The molecule has 4 nitrogen and oxygen atoms in total. The Morgan fingerprint density at radius 1 is 0.613 bits per heavy atom. The third-order valence-electron chi connectivity index (χ3n) is 5.22. The van der Waals surface area contributed by atoms with Crippen LogP contribution in [0, 0.1) is 0 Å². The van der Waals surface area contributed by atoms with E-state index in [2.05, 4.69) is 0 Å². The molecule has 4 atom stereocenters. The van der Waals surface area contributed by atoms with Gasteiger partial charge in [0.1, 0.15) is 18.3 Å². The molecule has 1 aliphatic rings. The van der Waals surface area contributed by atoms with Crippen LogP contribution in [0.25, 0.3) is 0 Å². The number of halogens is 1. The SMILES string of the molecule is ClC1O[C@H](COCc2ccccc2)[C@@H](OCc2ccccc2)[C@@H]1OCc1ccccc1. The van der Waals surface area contributed by atoms with Gasteiger partial charge in [0, 0.05) is 0 Å². The second-order valence-corrected chi connectivity index (χ2v) is 7.98. The van der Waals surface area contributed by atoms with Crippen LogP contribution >= 0.6 is 11.6 Å². The predicted molar refractivity (Wildman–Crippen MR) is 121 cm³/mol. The first-order chi connectivity index (χ1) is 15.3. The molecule has 1 saturated heterocycles. The molecular weight excluding hydrogens is 412 g/mol. The maximum atomic E-state index is 6.53. The van der Waals surface area contributed by atoms with Gasteiger partial charge in [-0.15, -0.1) is 0 Å². The lowest BCUT2D eigenvalue weighted by molar-refractivity contribution is -0.0896.